The van der Waals surface area contributed by atoms with Crippen molar-refractivity contribution < 1.29 is 51.8 Å². The number of hydrogen-bond acceptors (Lipinski definition) is 11. The maximum atomic E-state index is 14.1. The number of methoxy groups -OCH3 is 1. The summed E-state index contributed by atoms with van der Waals surface area (Å²) in [6.45, 7) is 4.97. The van der Waals surface area contributed by atoms with Gasteiger partial charge in [0.1, 0.15) is 36.7 Å². The highest BCUT2D eigenvalue weighted by Gasteiger charge is 2.52. The predicted molar refractivity (Wildman–Crippen MR) is 166 cm³/mol. The number of nitrogens with zero attached hydrogens (tertiary/aromatic N) is 2. The normalized spacial score (nSPS) is 17.0. The number of alkyl halides is 3. The Morgan fingerprint density at radius 3 is 2.42 bits per heavy atom. The molecule has 48 heavy (non-hydrogen) atoms. The number of carbonyl (C=O) groups excluding carboxylic acids is 3. The lowest BCUT2D eigenvalue weighted by atomic mass is 9.75. The van der Waals surface area contributed by atoms with Crippen LogP contribution in [0.3, 0.4) is 0 Å². The predicted octanol–water partition coefficient (Wildman–Crippen LogP) is 3.40. The second-order valence-corrected chi connectivity index (χ2v) is 11.2. The highest BCUT2D eigenvalue weighted by molar-refractivity contribution is 6.10. The Hall–Kier alpha value is -4.83. The molecule has 3 unspecified atom stereocenters. The number of benzene rings is 2. The van der Waals surface area contributed by atoms with Crippen molar-refractivity contribution in [1.29, 1.82) is 0 Å². The average Bonchev–Trinajstić information content (AvgIpc) is 3.04. The number of halogens is 3. The van der Waals surface area contributed by atoms with Crippen LogP contribution in [-0.4, -0.2) is 85.3 Å². The summed E-state index contributed by atoms with van der Waals surface area (Å²) in [7, 11) is 0.869. The lowest BCUT2D eigenvalue weighted by molar-refractivity contribution is -0.384. The smallest absolute Gasteiger partial charge is 0.430 e. The van der Waals surface area contributed by atoms with Crippen LogP contribution in [0.25, 0.3) is 0 Å². The van der Waals surface area contributed by atoms with E-state index >= 15 is 0 Å². The molecule has 0 radical (unpaired) electrons. The van der Waals surface area contributed by atoms with E-state index in [1.54, 1.807) is 24.3 Å². The zero-order valence-electron chi connectivity index (χ0n) is 26.7. The van der Waals surface area contributed by atoms with Crippen molar-refractivity contribution in [2.24, 2.45) is 10.9 Å². The first-order chi connectivity index (χ1) is 22.6. The molecule has 1 aliphatic heterocycles. The number of aliphatic hydroxyl groups is 1. The van der Waals surface area contributed by atoms with Gasteiger partial charge in [-0.15, -0.1) is 0 Å². The molecular weight excluding hydrogens is 641 g/mol. The van der Waals surface area contributed by atoms with Crippen molar-refractivity contribution in [3.8, 4) is 5.75 Å². The van der Waals surface area contributed by atoms with Gasteiger partial charge in [-0.2, -0.15) is 13.2 Å². The van der Waals surface area contributed by atoms with Gasteiger partial charge in [0.25, 0.3) is 5.69 Å². The van der Waals surface area contributed by atoms with Gasteiger partial charge in [0.15, 0.2) is 0 Å². The number of carbonyl (C=O) groups is 3. The summed E-state index contributed by atoms with van der Waals surface area (Å²) in [6.07, 6.45) is -5.82. The fourth-order valence-corrected chi connectivity index (χ4v) is 4.93. The number of non-ortho nitro benzene ring substituents is 1. The summed E-state index contributed by atoms with van der Waals surface area (Å²) in [6, 6.07) is 11.4. The number of amides is 1. The number of esters is 2. The van der Waals surface area contributed by atoms with E-state index in [0.717, 1.165) is 26.2 Å². The van der Waals surface area contributed by atoms with Gasteiger partial charge in [-0.1, -0.05) is 38.1 Å². The molecule has 0 spiro atoms. The van der Waals surface area contributed by atoms with Gasteiger partial charge in [-0.05, 0) is 30.2 Å². The Morgan fingerprint density at radius 2 is 1.81 bits per heavy atom. The van der Waals surface area contributed by atoms with Gasteiger partial charge in [0.05, 0.1) is 30.6 Å². The molecule has 2 aromatic rings. The molecule has 1 amide bonds. The van der Waals surface area contributed by atoms with E-state index in [0.29, 0.717) is 17.9 Å². The van der Waals surface area contributed by atoms with Crippen molar-refractivity contribution in [2.75, 3.05) is 33.4 Å². The van der Waals surface area contributed by atoms with E-state index in [4.69, 9.17) is 9.47 Å². The number of ether oxygens (including phenoxy) is 3. The minimum atomic E-state index is -5.10. The number of aliphatic hydroxyl groups excluding tert-OH is 1. The van der Waals surface area contributed by atoms with Crippen LogP contribution >= 0.6 is 0 Å². The first-order valence-electron chi connectivity index (χ1n) is 14.9. The highest BCUT2D eigenvalue weighted by Crippen LogP contribution is 2.44. The van der Waals surface area contributed by atoms with E-state index < -0.39 is 69.6 Å². The van der Waals surface area contributed by atoms with Crippen LogP contribution in [0.1, 0.15) is 37.8 Å². The molecule has 16 heteroatoms. The number of nitro benzene ring substituents is 1. The van der Waals surface area contributed by atoms with Crippen LogP contribution in [0.2, 0.25) is 0 Å². The van der Waals surface area contributed by atoms with Crippen LogP contribution < -0.4 is 15.4 Å². The van der Waals surface area contributed by atoms with Gasteiger partial charge < -0.3 is 30.0 Å². The molecule has 2 aromatic carbocycles. The standard InChI is InChI=1S/C32H37F3N4O9/c1-18(2)37-16-23(40)17-48-24-10-8-20(9-11-24)14-25(41)36-12-13-47-31(43)26-19(3)38-29(32(33,34)35)28(30(42)46-4)27(26)21-6-5-7-22(15-21)39(44)45/h5-11,15,18,23,27-28,37,40H,12-14,16-17H2,1-4H3,(H,36,41). The molecular formula is C32H37F3N4O9. The Balaban J connectivity index is 1.66. The minimum Gasteiger partial charge on any atom is -0.491 e. The summed E-state index contributed by atoms with van der Waals surface area (Å²) >= 11 is 0. The Bertz CT molecular complexity index is 1540. The summed E-state index contributed by atoms with van der Waals surface area (Å²) < 4.78 is 57.6. The van der Waals surface area contributed by atoms with Gasteiger partial charge in [-0.25, -0.2) is 4.79 Å². The van der Waals surface area contributed by atoms with E-state index in [-0.39, 0.29) is 37.8 Å². The second kappa shape index (κ2) is 16.8. The number of hydrogen-bond donors (Lipinski definition) is 3. The number of rotatable bonds is 15. The first-order valence-corrected chi connectivity index (χ1v) is 14.9. The fourth-order valence-electron chi connectivity index (χ4n) is 4.93. The molecule has 260 valence electrons. The third-order valence-electron chi connectivity index (χ3n) is 7.17. The summed E-state index contributed by atoms with van der Waals surface area (Å²) in [5.74, 6) is -6.23. The molecule has 0 saturated carbocycles. The van der Waals surface area contributed by atoms with E-state index in [2.05, 4.69) is 20.4 Å². The molecule has 0 fully saturated rings. The van der Waals surface area contributed by atoms with Crippen LogP contribution in [0, 0.1) is 16.0 Å². The van der Waals surface area contributed by atoms with Gasteiger partial charge >= 0.3 is 18.1 Å². The molecule has 1 aliphatic rings. The lowest BCUT2D eigenvalue weighted by Gasteiger charge is -2.32. The van der Waals surface area contributed by atoms with Crippen molar-refractivity contribution in [3.05, 3.63) is 81.0 Å². The van der Waals surface area contributed by atoms with Crippen LogP contribution in [0.4, 0.5) is 18.9 Å². The van der Waals surface area contributed by atoms with Gasteiger partial charge in [-0.3, -0.25) is 24.7 Å². The summed E-state index contributed by atoms with van der Waals surface area (Å²) in [5.41, 5.74) is -2.31. The lowest BCUT2D eigenvalue weighted by Crippen LogP contribution is -2.44. The zero-order valence-corrected chi connectivity index (χ0v) is 26.7. The monoisotopic (exact) mass is 678 g/mol. The molecule has 0 saturated heterocycles. The summed E-state index contributed by atoms with van der Waals surface area (Å²) in [4.78, 5) is 52.7. The van der Waals surface area contributed by atoms with E-state index in [1.807, 2.05) is 13.8 Å². The molecule has 3 rings (SSSR count). The Labute approximate surface area is 274 Å². The number of nitrogens with one attached hydrogen (secondary N) is 2. The number of aliphatic imine (C=N–C) groups is 1. The maximum absolute atomic E-state index is 14.1. The summed E-state index contributed by atoms with van der Waals surface area (Å²) in [5, 5.41) is 27.1. The Kier molecular flexibility index (Phi) is 13.2. The molecule has 3 N–H and O–H groups in total. The molecule has 0 aromatic heterocycles. The van der Waals surface area contributed by atoms with Crippen LogP contribution in [0.15, 0.2) is 64.8 Å². The average molecular weight is 679 g/mol. The van der Waals surface area contributed by atoms with Crippen molar-refractivity contribution in [2.45, 2.75) is 51.4 Å². The molecule has 13 nitrogen and oxygen atoms in total. The zero-order chi connectivity index (χ0) is 35.6. The molecule has 1 heterocycles. The van der Waals surface area contributed by atoms with Crippen molar-refractivity contribution in [3.63, 3.8) is 0 Å². The van der Waals surface area contributed by atoms with Crippen LogP contribution in [0.5, 0.6) is 5.75 Å². The quantitative estimate of drug-likeness (QED) is 0.109. The third-order valence-corrected chi connectivity index (χ3v) is 7.17. The number of nitro groups is 1. The third kappa shape index (κ3) is 10.3. The molecule has 0 bridgehead atoms. The maximum Gasteiger partial charge on any atom is 0.430 e. The fraction of sp³-hybridized carbons (Fsp3) is 0.438. The van der Waals surface area contributed by atoms with Gasteiger partial charge in [0, 0.05) is 36.3 Å². The van der Waals surface area contributed by atoms with Crippen molar-refractivity contribution >= 4 is 29.2 Å². The first kappa shape index (κ1) is 37.6. The molecule has 3 atom stereocenters. The van der Waals surface area contributed by atoms with Gasteiger partial charge in [0.2, 0.25) is 5.91 Å². The topological polar surface area (TPSA) is 179 Å². The van der Waals surface area contributed by atoms with E-state index in [1.165, 1.54) is 12.1 Å². The second-order valence-electron chi connectivity index (χ2n) is 11.2. The highest BCUT2D eigenvalue weighted by atomic mass is 19.4. The van der Waals surface area contributed by atoms with Crippen molar-refractivity contribution in [1.82, 2.24) is 10.6 Å². The van der Waals surface area contributed by atoms with Crippen LogP contribution in [-0.2, 0) is 30.3 Å². The minimum absolute atomic E-state index is 0.0238. The van der Waals surface area contributed by atoms with E-state index in [9.17, 15) is 42.8 Å². The Morgan fingerprint density at radius 1 is 1.12 bits per heavy atom. The number of allylic oxidation sites excluding steroid dienone is 1. The largest absolute Gasteiger partial charge is 0.491 e. The SMILES string of the molecule is COC(=O)C1C(C(F)(F)F)=NC(C)=C(C(=O)OCCNC(=O)Cc2ccc(OCC(O)CNC(C)C)cc2)C1c1cccc([N+](=O)[O-])c1. The molecule has 0 aliphatic carbocycles.